The third kappa shape index (κ3) is 7.18. The van der Waals surface area contributed by atoms with E-state index in [-0.39, 0.29) is 17.1 Å². The van der Waals surface area contributed by atoms with Crippen molar-refractivity contribution in [3.63, 3.8) is 0 Å². The molecule has 1 fully saturated rings. The van der Waals surface area contributed by atoms with E-state index in [1.807, 2.05) is 0 Å². The van der Waals surface area contributed by atoms with Gasteiger partial charge in [0.25, 0.3) is 0 Å². The van der Waals surface area contributed by atoms with E-state index in [1.165, 1.54) is 36.5 Å². The molecular formula is C22H25N3O12P2. The highest BCUT2D eigenvalue weighted by Crippen LogP contribution is 2.61. The first-order valence-corrected chi connectivity index (χ1v) is 14.4. The first-order valence-electron chi connectivity index (χ1n) is 11.2. The summed E-state index contributed by atoms with van der Waals surface area (Å²) in [7, 11) is -10.4. The van der Waals surface area contributed by atoms with Gasteiger partial charge in [-0.25, -0.2) is 9.36 Å². The number of anilines is 1. The van der Waals surface area contributed by atoms with E-state index in [0.29, 0.717) is 5.75 Å². The van der Waals surface area contributed by atoms with Crippen LogP contribution in [-0.2, 0) is 22.9 Å². The molecule has 0 amide bonds. The average molecular weight is 585 g/mol. The molecule has 1 aliphatic rings. The van der Waals surface area contributed by atoms with Crippen molar-refractivity contribution >= 4 is 21.2 Å². The third-order valence-electron chi connectivity index (χ3n) is 5.53. The van der Waals surface area contributed by atoms with Crippen molar-refractivity contribution in [2.45, 2.75) is 30.4 Å². The fraction of sp³-hybridized carbons (Fsp3) is 0.273. The molecule has 2 heterocycles. The topological polar surface area (TPSA) is 233 Å². The molecule has 210 valence electrons. The van der Waals surface area contributed by atoms with Gasteiger partial charge < -0.3 is 40.1 Å². The number of aliphatic hydroxyl groups excluding tert-OH is 2. The number of benzene rings is 2. The zero-order valence-electron chi connectivity index (χ0n) is 19.9. The Morgan fingerprint density at radius 3 is 2.36 bits per heavy atom. The van der Waals surface area contributed by atoms with Crippen LogP contribution in [0.4, 0.5) is 5.82 Å². The lowest BCUT2D eigenvalue weighted by Crippen LogP contribution is -2.36. The predicted octanol–water partition coefficient (Wildman–Crippen LogP) is 1.25. The number of hydrogen-bond acceptors (Lipinski definition) is 11. The van der Waals surface area contributed by atoms with E-state index in [4.69, 9.17) is 24.3 Å². The highest BCUT2D eigenvalue weighted by Gasteiger charge is 2.46. The van der Waals surface area contributed by atoms with Gasteiger partial charge in [0.15, 0.2) is 12.1 Å². The monoisotopic (exact) mass is 585 g/mol. The summed E-state index contributed by atoms with van der Waals surface area (Å²) in [4.78, 5) is 45.5. The molecule has 4 rings (SSSR count). The maximum atomic E-state index is 12.7. The molecule has 0 aliphatic carbocycles. The lowest BCUT2D eigenvalue weighted by atomic mass is 10.1. The minimum Gasteiger partial charge on any atom is -0.457 e. The maximum Gasteiger partial charge on any atom is 0.473 e. The number of aliphatic hydroxyl groups is 2. The number of phosphoric acid groups is 1. The van der Waals surface area contributed by atoms with Crippen LogP contribution in [0.3, 0.4) is 0 Å². The van der Waals surface area contributed by atoms with Crippen molar-refractivity contribution in [1.29, 1.82) is 0 Å². The first kappa shape index (κ1) is 29.1. The molecule has 2 aromatic carbocycles. The van der Waals surface area contributed by atoms with Crippen molar-refractivity contribution in [3.05, 3.63) is 82.9 Å². The van der Waals surface area contributed by atoms with Gasteiger partial charge in [0, 0.05) is 6.20 Å². The Balaban J connectivity index is 1.46. The van der Waals surface area contributed by atoms with Crippen LogP contribution in [0.25, 0.3) is 0 Å². The molecular weight excluding hydrogens is 560 g/mol. The lowest BCUT2D eigenvalue weighted by molar-refractivity contribution is -0.0556. The smallest absolute Gasteiger partial charge is 0.457 e. The maximum absolute atomic E-state index is 12.7. The molecule has 1 aliphatic heterocycles. The molecule has 0 spiro atoms. The third-order valence-corrected chi connectivity index (χ3v) is 7.66. The van der Waals surface area contributed by atoms with Crippen LogP contribution in [-0.4, -0.2) is 59.4 Å². The summed E-state index contributed by atoms with van der Waals surface area (Å²) in [5.41, 5.74) is 4.37. The molecule has 2 unspecified atom stereocenters. The first-order chi connectivity index (χ1) is 18.3. The molecule has 17 heteroatoms. The average Bonchev–Trinajstić information content (AvgIpc) is 3.15. The van der Waals surface area contributed by atoms with Crippen molar-refractivity contribution in [2.24, 2.45) is 0 Å². The Bertz CT molecular complexity index is 1450. The van der Waals surface area contributed by atoms with Crippen LogP contribution < -0.4 is 16.2 Å². The Morgan fingerprint density at radius 1 is 1.00 bits per heavy atom. The van der Waals surface area contributed by atoms with Crippen LogP contribution >= 0.6 is 15.4 Å². The van der Waals surface area contributed by atoms with E-state index in [0.717, 1.165) is 4.57 Å². The Kier molecular flexibility index (Phi) is 8.69. The van der Waals surface area contributed by atoms with Gasteiger partial charge in [-0.1, -0.05) is 30.3 Å². The number of nitrogens with two attached hydrogens (primary N) is 1. The number of nitrogens with zero attached hydrogens (tertiary/aromatic N) is 2. The number of ether oxygens (including phenoxy) is 2. The summed E-state index contributed by atoms with van der Waals surface area (Å²) in [6.07, 6.45) is -5.02. The zero-order valence-corrected chi connectivity index (χ0v) is 21.7. The molecule has 6 atom stereocenters. The largest absolute Gasteiger partial charge is 0.473 e. The lowest BCUT2D eigenvalue weighted by Gasteiger charge is -2.23. The summed E-state index contributed by atoms with van der Waals surface area (Å²) in [6, 6.07) is 15.2. The van der Waals surface area contributed by atoms with Crippen LogP contribution in [0, 0.1) is 0 Å². The van der Waals surface area contributed by atoms with Gasteiger partial charge in [-0.3, -0.25) is 18.2 Å². The number of rotatable bonds is 10. The van der Waals surface area contributed by atoms with Gasteiger partial charge in [0.05, 0.1) is 6.61 Å². The van der Waals surface area contributed by atoms with E-state index in [1.54, 1.807) is 30.3 Å². The zero-order chi connectivity index (χ0) is 28.4. The minimum atomic E-state index is -5.20. The van der Waals surface area contributed by atoms with Crippen LogP contribution in [0.2, 0.25) is 0 Å². The Hall–Kier alpha value is -2.94. The molecule has 3 aromatic rings. The standard InChI is InChI=1S/C22H25N3O12P2/c23-17-9-10-25(22(28)24-17)20-19(27)18(26)16(36-20)12-34-39(32,33)37-21(38(29,30)31)13-5-4-8-15(11-13)35-14-6-2-1-3-7-14/h1-11,16,18-21,26-27H,12H2,(H,32,33)(H2,23,24,28)(H2,29,30,31)/t16-,18-,19-,20-,21?/m1/s1. The van der Waals surface area contributed by atoms with Gasteiger partial charge in [-0.2, -0.15) is 4.98 Å². The molecule has 0 saturated carbocycles. The van der Waals surface area contributed by atoms with E-state index < -0.39 is 58.1 Å². The van der Waals surface area contributed by atoms with Crippen LogP contribution in [0.5, 0.6) is 11.5 Å². The highest BCUT2D eigenvalue weighted by atomic mass is 31.2. The molecule has 1 aromatic heterocycles. The van der Waals surface area contributed by atoms with Crippen molar-refractivity contribution < 1.29 is 52.5 Å². The summed E-state index contributed by atoms with van der Waals surface area (Å²) in [5, 5.41) is 20.6. The van der Waals surface area contributed by atoms with Gasteiger partial charge in [-0.15, -0.1) is 0 Å². The molecule has 7 N–H and O–H groups in total. The van der Waals surface area contributed by atoms with Crippen LogP contribution in [0.1, 0.15) is 17.6 Å². The Morgan fingerprint density at radius 2 is 1.69 bits per heavy atom. The second-order valence-corrected chi connectivity index (χ2v) is 11.4. The number of para-hydroxylation sites is 1. The number of hydrogen-bond donors (Lipinski definition) is 6. The number of aromatic nitrogens is 2. The fourth-order valence-electron chi connectivity index (χ4n) is 3.71. The van der Waals surface area contributed by atoms with Crippen molar-refractivity contribution in [3.8, 4) is 11.5 Å². The molecule has 1 saturated heterocycles. The highest BCUT2D eigenvalue weighted by molar-refractivity contribution is 7.53. The Labute approximate surface area is 220 Å². The van der Waals surface area contributed by atoms with Gasteiger partial charge >= 0.3 is 21.1 Å². The number of nitrogen functional groups attached to an aromatic ring is 1. The molecule has 39 heavy (non-hydrogen) atoms. The second-order valence-electron chi connectivity index (χ2n) is 8.39. The quantitative estimate of drug-likeness (QED) is 0.184. The summed E-state index contributed by atoms with van der Waals surface area (Å²) in [6.45, 7) is -0.856. The molecule has 0 bridgehead atoms. The van der Waals surface area contributed by atoms with E-state index in [2.05, 4.69) is 4.98 Å². The van der Waals surface area contributed by atoms with Crippen molar-refractivity contribution in [2.75, 3.05) is 12.3 Å². The molecule has 0 radical (unpaired) electrons. The summed E-state index contributed by atoms with van der Waals surface area (Å²) < 4.78 is 46.4. The van der Waals surface area contributed by atoms with E-state index >= 15 is 0 Å². The summed E-state index contributed by atoms with van der Waals surface area (Å²) in [5.74, 6) is -1.70. The van der Waals surface area contributed by atoms with Gasteiger partial charge in [-0.05, 0) is 35.9 Å². The van der Waals surface area contributed by atoms with Crippen molar-refractivity contribution in [1.82, 2.24) is 9.55 Å². The second kappa shape index (κ2) is 11.7. The number of phosphoric ester groups is 1. The SMILES string of the molecule is Nc1ccn([C@@H]2O[C@H](COP(=O)(O)OC(c3cccc(Oc4ccccc4)c3)P(=O)(O)O)[C@@H](O)[C@H]2O)c(=O)n1. The van der Waals surface area contributed by atoms with E-state index in [9.17, 15) is 38.8 Å². The normalized spacial score (nSPS) is 23.7. The van der Waals surface area contributed by atoms with Gasteiger partial charge in [0.2, 0.25) is 0 Å². The fourth-order valence-corrected chi connectivity index (χ4v) is 5.88. The predicted molar refractivity (Wildman–Crippen MR) is 133 cm³/mol. The minimum absolute atomic E-state index is 0.0840. The summed E-state index contributed by atoms with van der Waals surface area (Å²) >= 11 is 0. The van der Waals surface area contributed by atoms with Gasteiger partial charge in [0.1, 0.15) is 35.6 Å². The van der Waals surface area contributed by atoms with Crippen LogP contribution in [0.15, 0.2) is 71.7 Å². The molecule has 15 nitrogen and oxygen atoms in total.